The molecule has 0 spiro atoms. The maximum Gasteiger partial charge on any atom is 0.488 e. The molecule has 0 bridgehead atoms. The summed E-state index contributed by atoms with van der Waals surface area (Å²) in [4.78, 5) is 0. The van der Waals surface area contributed by atoms with E-state index in [1.165, 1.54) is 0 Å². The van der Waals surface area contributed by atoms with Crippen molar-refractivity contribution >= 4 is 12.6 Å². The summed E-state index contributed by atoms with van der Waals surface area (Å²) in [6, 6.07) is -1.05. The fourth-order valence-electron chi connectivity index (χ4n) is 1.08. The predicted octanol–water partition coefficient (Wildman–Crippen LogP) is 0.244. The first kappa shape index (κ1) is 4.44. The Balaban J connectivity index is 2.70. The second-order valence-electron chi connectivity index (χ2n) is 2.98. The highest BCUT2D eigenvalue weighted by atomic mass is 16.4. The highest BCUT2D eigenvalue weighted by molar-refractivity contribution is 6.58. The second-order valence-corrected chi connectivity index (χ2v) is 2.98. The third kappa shape index (κ3) is 1.52. The van der Waals surface area contributed by atoms with Crippen LogP contribution in [0.15, 0.2) is 24.2 Å². The molecule has 1 fully saturated rings. The largest absolute Gasteiger partial charge is 0.488 e. The molecule has 62 valence electrons. The van der Waals surface area contributed by atoms with Crippen molar-refractivity contribution in [1.82, 2.24) is 0 Å². The molecule has 0 aliphatic heterocycles. The smallest absolute Gasteiger partial charge is 0.423 e. The van der Waals surface area contributed by atoms with Crippen LogP contribution in [0.2, 0.25) is 0 Å². The monoisotopic (exact) mass is 166 g/mol. The van der Waals surface area contributed by atoms with Gasteiger partial charge in [-0.05, 0) is 29.8 Å². The van der Waals surface area contributed by atoms with Gasteiger partial charge in [-0.1, -0.05) is 24.2 Å². The third-order valence-corrected chi connectivity index (χ3v) is 1.91. The fourth-order valence-corrected chi connectivity index (χ4v) is 1.08. The van der Waals surface area contributed by atoms with Crippen LogP contribution in [0.3, 0.4) is 0 Å². The number of hydrogen-bond donors (Lipinski definition) is 2. The van der Waals surface area contributed by atoms with E-state index in [0.717, 1.165) is 12.8 Å². The number of hydrogen-bond acceptors (Lipinski definition) is 2. The van der Waals surface area contributed by atoms with Gasteiger partial charge in [0.05, 0.1) is 5.48 Å². The minimum absolute atomic E-state index is 0.0715. The molecule has 1 aliphatic carbocycles. The maximum atomic E-state index is 9.10. The highest BCUT2D eigenvalue weighted by Gasteiger charge is 2.24. The molecular weight excluding hydrogens is 151 g/mol. The lowest BCUT2D eigenvalue weighted by atomic mass is 9.79. The molecule has 2 N–H and O–H groups in total. The van der Waals surface area contributed by atoms with Crippen LogP contribution in [0, 0.1) is 0 Å². The number of rotatable bonds is 2. The highest BCUT2D eigenvalue weighted by Crippen LogP contribution is 2.39. The average Bonchev–Trinajstić information content (AvgIpc) is 2.98. The lowest BCUT2D eigenvalue weighted by Crippen LogP contribution is -2.29. The number of benzene rings is 1. The molecule has 2 nitrogen and oxygen atoms in total. The van der Waals surface area contributed by atoms with Gasteiger partial charge in [-0.2, -0.15) is 0 Å². The van der Waals surface area contributed by atoms with Crippen LogP contribution < -0.4 is 5.46 Å². The molecular formula is C9H11BO2. The first-order chi connectivity index (χ1) is 7.45. The van der Waals surface area contributed by atoms with Crippen molar-refractivity contribution in [3.05, 3.63) is 29.7 Å². The zero-order valence-corrected chi connectivity index (χ0v) is 6.46. The zero-order valence-electron chi connectivity index (χ0n) is 10.5. The predicted molar refractivity (Wildman–Crippen MR) is 48.2 cm³/mol. The van der Waals surface area contributed by atoms with E-state index < -0.39 is 13.2 Å². The van der Waals surface area contributed by atoms with Crippen molar-refractivity contribution in [3.63, 3.8) is 0 Å². The van der Waals surface area contributed by atoms with E-state index in [1.807, 2.05) is 0 Å². The summed E-state index contributed by atoms with van der Waals surface area (Å²) in [6.45, 7) is 0. The van der Waals surface area contributed by atoms with E-state index in [2.05, 4.69) is 0 Å². The van der Waals surface area contributed by atoms with Gasteiger partial charge < -0.3 is 10.0 Å². The molecule has 1 aliphatic rings. The summed E-state index contributed by atoms with van der Waals surface area (Å²) < 4.78 is 30.6. The molecule has 0 saturated heterocycles. The maximum absolute atomic E-state index is 9.10. The van der Waals surface area contributed by atoms with Crippen molar-refractivity contribution in [2.45, 2.75) is 18.8 Å². The Morgan fingerprint density at radius 3 is 2.75 bits per heavy atom. The average molecular weight is 166 g/mol. The standard InChI is InChI=1S/C9H11BO2/c11-10(12)9-3-1-2-8(6-9)7-4-5-7/h1-3,6-7,11-12H,4-5H2/i1D,2D,3D,6D. The lowest BCUT2D eigenvalue weighted by molar-refractivity contribution is 0.425. The summed E-state index contributed by atoms with van der Waals surface area (Å²) in [5.74, 6) is 0.0715. The summed E-state index contributed by atoms with van der Waals surface area (Å²) in [5.41, 5.74) is 0.118. The van der Waals surface area contributed by atoms with E-state index in [1.54, 1.807) is 0 Å². The normalized spacial score (nSPS) is 20.8. The minimum atomic E-state index is -1.93. The molecule has 0 heterocycles. The van der Waals surface area contributed by atoms with Crippen molar-refractivity contribution in [1.29, 1.82) is 0 Å². The molecule has 0 atom stereocenters. The van der Waals surface area contributed by atoms with Crippen molar-refractivity contribution in [2.75, 3.05) is 0 Å². The molecule has 0 radical (unpaired) electrons. The lowest BCUT2D eigenvalue weighted by Gasteiger charge is -2.01. The van der Waals surface area contributed by atoms with Gasteiger partial charge in [0.2, 0.25) is 0 Å². The van der Waals surface area contributed by atoms with Crippen molar-refractivity contribution in [2.24, 2.45) is 0 Å². The van der Waals surface area contributed by atoms with E-state index in [0.29, 0.717) is 5.56 Å². The molecule has 2 rings (SSSR count). The van der Waals surface area contributed by atoms with Gasteiger partial charge in [0.25, 0.3) is 0 Å². The van der Waals surface area contributed by atoms with Crippen LogP contribution in [0.25, 0.3) is 0 Å². The van der Waals surface area contributed by atoms with Gasteiger partial charge >= 0.3 is 7.12 Å². The molecule has 1 aromatic rings. The quantitative estimate of drug-likeness (QED) is 0.618. The Morgan fingerprint density at radius 2 is 2.17 bits per heavy atom. The Kier molecular flexibility index (Phi) is 1.08. The zero-order chi connectivity index (χ0) is 12.0. The van der Waals surface area contributed by atoms with Gasteiger partial charge in [0, 0.05) is 0 Å². The summed E-state index contributed by atoms with van der Waals surface area (Å²) in [6.07, 6.45) is 1.71. The molecule has 1 saturated carbocycles. The van der Waals surface area contributed by atoms with Gasteiger partial charge in [0.1, 0.15) is 0 Å². The summed E-state index contributed by atoms with van der Waals surface area (Å²) in [5, 5.41) is 18.2. The molecule has 0 unspecified atom stereocenters. The van der Waals surface area contributed by atoms with Crippen molar-refractivity contribution in [3.8, 4) is 0 Å². The molecule has 1 aromatic carbocycles. The Labute approximate surface area is 77.6 Å². The van der Waals surface area contributed by atoms with Crippen LogP contribution in [-0.2, 0) is 0 Å². The van der Waals surface area contributed by atoms with Gasteiger partial charge in [-0.3, -0.25) is 0 Å². The van der Waals surface area contributed by atoms with Gasteiger partial charge in [-0.15, -0.1) is 0 Å². The van der Waals surface area contributed by atoms with Crippen molar-refractivity contribution < 1.29 is 15.5 Å². The first-order valence-corrected chi connectivity index (χ1v) is 3.91. The second kappa shape index (κ2) is 2.92. The SMILES string of the molecule is [2H]c1c([2H])c(B(O)O)c([2H])c(C2CC2)c1[2H]. The molecule has 12 heavy (non-hydrogen) atoms. The van der Waals surface area contributed by atoms with Crippen LogP contribution in [0.1, 0.15) is 29.8 Å². The third-order valence-electron chi connectivity index (χ3n) is 1.91. The fraction of sp³-hybridized carbons (Fsp3) is 0.333. The van der Waals surface area contributed by atoms with Crippen LogP contribution in [-0.4, -0.2) is 17.2 Å². The molecule has 0 amide bonds. The van der Waals surface area contributed by atoms with E-state index in [4.69, 9.17) is 15.5 Å². The Morgan fingerprint density at radius 1 is 1.42 bits per heavy atom. The Bertz CT molecular complexity index is 417. The summed E-state index contributed by atoms with van der Waals surface area (Å²) in [7, 11) is -1.93. The van der Waals surface area contributed by atoms with Gasteiger partial charge in [0.15, 0.2) is 0 Å². The molecule has 0 aromatic heterocycles. The first-order valence-electron chi connectivity index (χ1n) is 5.91. The van der Waals surface area contributed by atoms with Crippen LogP contribution in [0.5, 0.6) is 0 Å². The molecule has 3 heteroatoms. The van der Waals surface area contributed by atoms with E-state index in [9.17, 15) is 0 Å². The van der Waals surface area contributed by atoms with E-state index in [-0.39, 0.29) is 29.5 Å². The van der Waals surface area contributed by atoms with Crippen LogP contribution >= 0.6 is 0 Å². The van der Waals surface area contributed by atoms with E-state index >= 15 is 0 Å². The Hall–Kier alpha value is -0.795. The van der Waals surface area contributed by atoms with Gasteiger partial charge in [-0.25, -0.2) is 0 Å². The summed E-state index contributed by atoms with van der Waals surface area (Å²) >= 11 is 0. The topological polar surface area (TPSA) is 40.5 Å². The minimum Gasteiger partial charge on any atom is -0.423 e. The van der Waals surface area contributed by atoms with Crippen LogP contribution in [0.4, 0.5) is 0 Å².